The zero-order valence-electron chi connectivity index (χ0n) is 16.5. The summed E-state index contributed by atoms with van der Waals surface area (Å²) >= 11 is 0. The van der Waals surface area contributed by atoms with Gasteiger partial charge in [0, 0.05) is 24.2 Å². The maximum absolute atomic E-state index is 13.0. The molecule has 0 spiro atoms. The summed E-state index contributed by atoms with van der Waals surface area (Å²) in [7, 11) is 0. The van der Waals surface area contributed by atoms with Crippen molar-refractivity contribution in [3.05, 3.63) is 107 Å². The summed E-state index contributed by atoms with van der Waals surface area (Å²) in [5, 5.41) is 3.01. The molecule has 0 saturated carbocycles. The van der Waals surface area contributed by atoms with E-state index in [1.54, 1.807) is 24.3 Å². The van der Waals surface area contributed by atoms with Crippen molar-refractivity contribution in [2.24, 2.45) is 0 Å². The Labute approximate surface area is 171 Å². The van der Waals surface area contributed by atoms with Crippen LogP contribution in [0.15, 0.2) is 78.9 Å². The molecule has 0 aliphatic carbocycles. The first kappa shape index (κ1) is 18.9. The maximum Gasteiger partial charge on any atom is 0.254 e. The Morgan fingerprint density at radius 2 is 1.55 bits per heavy atom. The van der Waals surface area contributed by atoms with Crippen molar-refractivity contribution in [2.75, 3.05) is 6.54 Å². The minimum absolute atomic E-state index is 0.0368. The standard InChI is InChI=1S/C25H24N2O2/c1-18(19-8-3-2-4-9-19)26-24(28)21-12-7-13-22(16-21)25(29)27-15-14-20-10-5-6-11-23(20)17-27/h2-13,16,18H,14-15,17H2,1H3,(H,26,28). The molecule has 1 aliphatic rings. The van der Waals surface area contributed by atoms with Crippen LogP contribution in [0.25, 0.3) is 0 Å². The molecule has 146 valence electrons. The van der Waals surface area contributed by atoms with Crippen molar-refractivity contribution in [3.8, 4) is 0 Å². The van der Waals surface area contributed by atoms with Crippen LogP contribution in [0, 0.1) is 0 Å². The summed E-state index contributed by atoms with van der Waals surface area (Å²) in [5.74, 6) is -0.217. The van der Waals surface area contributed by atoms with Crippen LogP contribution < -0.4 is 5.32 Å². The number of rotatable bonds is 4. The lowest BCUT2D eigenvalue weighted by atomic mass is 9.99. The number of hydrogen-bond acceptors (Lipinski definition) is 2. The van der Waals surface area contributed by atoms with E-state index in [1.165, 1.54) is 11.1 Å². The number of nitrogens with one attached hydrogen (secondary N) is 1. The van der Waals surface area contributed by atoms with Crippen molar-refractivity contribution in [2.45, 2.75) is 25.9 Å². The van der Waals surface area contributed by atoms with Crippen LogP contribution in [-0.2, 0) is 13.0 Å². The number of hydrogen-bond donors (Lipinski definition) is 1. The molecule has 3 aromatic rings. The van der Waals surface area contributed by atoms with Gasteiger partial charge >= 0.3 is 0 Å². The van der Waals surface area contributed by atoms with Gasteiger partial charge in [-0.1, -0.05) is 60.7 Å². The second kappa shape index (κ2) is 8.31. The Bertz CT molecular complexity index is 1030. The molecular formula is C25H24N2O2. The van der Waals surface area contributed by atoms with Crippen LogP contribution in [0.2, 0.25) is 0 Å². The van der Waals surface area contributed by atoms with Crippen LogP contribution in [0.3, 0.4) is 0 Å². The first-order valence-corrected chi connectivity index (χ1v) is 9.94. The van der Waals surface area contributed by atoms with Crippen LogP contribution in [0.5, 0.6) is 0 Å². The van der Waals surface area contributed by atoms with E-state index in [9.17, 15) is 9.59 Å². The van der Waals surface area contributed by atoms with Crippen molar-refractivity contribution in [1.82, 2.24) is 10.2 Å². The van der Waals surface area contributed by atoms with Gasteiger partial charge in [-0.2, -0.15) is 0 Å². The van der Waals surface area contributed by atoms with E-state index in [4.69, 9.17) is 0 Å². The molecule has 0 saturated heterocycles. The monoisotopic (exact) mass is 384 g/mol. The summed E-state index contributed by atoms with van der Waals surface area (Å²) in [4.78, 5) is 27.6. The number of amides is 2. The van der Waals surface area contributed by atoms with E-state index in [0.717, 1.165) is 12.0 Å². The van der Waals surface area contributed by atoms with Gasteiger partial charge in [-0.05, 0) is 48.2 Å². The molecule has 29 heavy (non-hydrogen) atoms. The summed E-state index contributed by atoms with van der Waals surface area (Å²) in [6.07, 6.45) is 0.858. The van der Waals surface area contributed by atoms with Crippen LogP contribution in [-0.4, -0.2) is 23.3 Å². The molecule has 1 heterocycles. The molecule has 1 unspecified atom stereocenters. The molecule has 4 rings (SSSR count). The zero-order valence-corrected chi connectivity index (χ0v) is 16.5. The van der Waals surface area contributed by atoms with E-state index in [-0.39, 0.29) is 17.9 Å². The fraction of sp³-hybridized carbons (Fsp3) is 0.200. The maximum atomic E-state index is 13.0. The number of carbonyl (C=O) groups excluding carboxylic acids is 2. The van der Waals surface area contributed by atoms with Crippen molar-refractivity contribution >= 4 is 11.8 Å². The lowest BCUT2D eigenvalue weighted by molar-refractivity contribution is 0.0734. The van der Waals surface area contributed by atoms with Crippen LogP contribution in [0.4, 0.5) is 0 Å². The van der Waals surface area contributed by atoms with Crippen LogP contribution >= 0.6 is 0 Å². The third-order valence-electron chi connectivity index (χ3n) is 5.44. The smallest absolute Gasteiger partial charge is 0.254 e. The Morgan fingerprint density at radius 1 is 0.862 bits per heavy atom. The number of benzene rings is 3. The highest BCUT2D eigenvalue weighted by molar-refractivity contribution is 5.99. The molecule has 2 amide bonds. The highest BCUT2D eigenvalue weighted by atomic mass is 16.2. The molecule has 1 N–H and O–H groups in total. The predicted octanol–water partition coefficient (Wildman–Crippen LogP) is 4.38. The SMILES string of the molecule is CC(NC(=O)c1cccc(C(=O)N2CCc3ccccc3C2)c1)c1ccccc1. The normalized spacial score (nSPS) is 14.0. The molecular weight excluding hydrogens is 360 g/mol. The first-order valence-electron chi connectivity index (χ1n) is 9.94. The molecule has 0 fully saturated rings. The van der Waals surface area contributed by atoms with E-state index >= 15 is 0 Å². The molecule has 3 aromatic carbocycles. The highest BCUT2D eigenvalue weighted by Gasteiger charge is 2.22. The molecule has 0 bridgehead atoms. The van der Waals surface area contributed by atoms with Gasteiger partial charge < -0.3 is 10.2 Å². The zero-order chi connectivity index (χ0) is 20.2. The Balaban J connectivity index is 1.47. The van der Waals surface area contributed by atoms with Gasteiger partial charge in [0.25, 0.3) is 11.8 Å². The molecule has 0 aromatic heterocycles. The lowest BCUT2D eigenvalue weighted by Gasteiger charge is -2.29. The lowest BCUT2D eigenvalue weighted by Crippen LogP contribution is -2.36. The summed E-state index contributed by atoms with van der Waals surface area (Å²) in [6.45, 7) is 3.25. The molecule has 4 nitrogen and oxygen atoms in total. The minimum Gasteiger partial charge on any atom is -0.346 e. The summed E-state index contributed by atoms with van der Waals surface area (Å²) in [5.41, 5.74) is 4.58. The fourth-order valence-corrected chi connectivity index (χ4v) is 3.75. The molecule has 0 radical (unpaired) electrons. The Hall–Kier alpha value is -3.40. The average molecular weight is 384 g/mol. The topological polar surface area (TPSA) is 49.4 Å². The minimum atomic E-state index is -0.181. The number of carbonyl (C=O) groups is 2. The van der Waals surface area contributed by atoms with Gasteiger partial charge in [0.1, 0.15) is 0 Å². The molecule has 1 aliphatic heterocycles. The van der Waals surface area contributed by atoms with E-state index in [0.29, 0.717) is 24.2 Å². The quantitative estimate of drug-likeness (QED) is 0.726. The predicted molar refractivity (Wildman–Crippen MR) is 114 cm³/mol. The van der Waals surface area contributed by atoms with E-state index < -0.39 is 0 Å². The van der Waals surface area contributed by atoms with E-state index in [1.807, 2.05) is 54.3 Å². The molecule has 1 atom stereocenters. The van der Waals surface area contributed by atoms with Crippen molar-refractivity contribution in [1.29, 1.82) is 0 Å². The van der Waals surface area contributed by atoms with Gasteiger partial charge in [0.15, 0.2) is 0 Å². The van der Waals surface area contributed by atoms with E-state index in [2.05, 4.69) is 17.4 Å². The molecule has 4 heteroatoms. The highest BCUT2D eigenvalue weighted by Crippen LogP contribution is 2.21. The Kier molecular flexibility index (Phi) is 5.43. The number of nitrogens with zero attached hydrogens (tertiary/aromatic N) is 1. The van der Waals surface area contributed by atoms with Crippen molar-refractivity contribution < 1.29 is 9.59 Å². The third-order valence-corrected chi connectivity index (χ3v) is 5.44. The summed E-state index contributed by atoms with van der Waals surface area (Å²) in [6, 6.07) is 24.9. The average Bonchev–Trinajstić information content (AvgIpc) is 2.79. The largest absolute Gasteiger partial charge is 0.346 e. The van der Waals surface area contributed by atoms with Crippen LogP contribution in [0.1, 0.15) is 50.4 Å². The first-order chi connectivity index (χ1) is 14.1. The van der Waals surface area contributed by atoms with Gasteiger partial charge in [-0.25, -0.2) is 0 Å². The third kappa shape index (κ3) is 4.21. The number of fused-ring (bicyclic) bond motifs is 1. The Morgan fingerprint density at radius 3 is 2.34 bits per heavy atom. The van der Waals surface area contributed by atoms with Gasteiger partial charge in [0.05, 0.1) is 6.04 Å². The second-order valence-corrected chi connectivity index (χ2v) is 7.43. The summed E-state index contributed by atoms with van der Waals surface area (Å²) < 4.78 is 0. The second-order valence-electron chi connectivity index (χ2n) is 7.43. The fourth-order valence-electron chi connectivity index (χ4n) is 3.75. The van der Waals surface area contributed by atoms with Gasteiger partial charge in [0.2, 0.25) is 0 Å². The van der Waals surface area contributed by atoms with Gasteiger partial charge in [-0.15, -0.1) is 0 Å². The van der Waals surface area contributed by atoms with Crippen molar-refractivity contribution in [3.63, 3.8) is 0 Å². The van der Waals surface area contributed by atoms with Gasteiger partial charge in [-0.3, -0.25) is 9.59 Å².